The molecule has 0 amide bonds. The fourth-order valence-corrected chi connectivity index (χ4v) is 1.31. The van der Waals surface area contributed by atoms with Crippen molar-refractivity contribution in [2.45, 2.75) is 13.3 Å². The summed E-state index contributed by atoms with van der Waals surface area (Å²) in [7, 11) is 0. The van der Waals surface area contributed by atoms with E-state index in [1.165, 1.54) is 6.92 Å². The third kappa shape index (κ3) is 2.47. The molecule has 1 heterocycles. The number of hydrogen-bond acceptors (Lipinski definition) is 3. The van der Waals surface area contributed by atoms with E-state index in [0.717, 1.165) is 0 Å². The number of nitrogens with zero attached hydrogens (tertiary/aromatic N) is 1. The molecule has 1 aromatic heterocycles. The molecular weight excluding hydrogens is 224 g/mol. The number of nitrogens with one attached hydrogen (secondary N) is 1. The number of carboxylic acid groups (broad SMARTS) is 2. The van der Waals surface area contributed by atoms with Crippen LogP contribution in [-0.4, -0.2) is 32.3 Å². The van der Waals surface area contributed by atoms with Crippen LogP contribution in [-0.2, 0) is 11.2 Å². The summed E-state index contributed by atoms with van der Waals surface area (Å²) in [5.74, 6) is -2.95. The van der Waals surface area contributed by atoms with Crippen LogP contribution >= 0.6 is 11.6 Å². The number of H-pyrrole nitrogens is 1. The van der Waals surface area contributed by atoms with Gasteiger partial charge in [0.25, 0.3) is 0 Å². The standard InChI is InChI=1S/C8H9ClN2O4/c1-3(7(12)13)2-4-5(8(14)15)10-11-6(4)9/h3H,2H2,1H3,(H,10,11)(H,12,13)(H,14,15). The van der Waals surface area contributed by atoms with Gasteiger partial charge in [-0.05, 0) is 6.42 Å². The molecule has 0 fully saturated rings. The Morgan fingerprint density at radius 3 is 2.60 bits per heavy atom. The number of halogens is 1. The van der Waals surface area contributed by atoms with Gasteiger partial charge >= 0.3 is 11.9 Å². The number of carbonyl (C=O) groups is 2. The molecule has 0 aromatic carbocycles. The van der Waals surface area contributed by atoms with E-state index < -0.39 is 17.9 Å². The van der Waals surface area contributed by atoms with E-state index in [-0.39, 0.29) is 22.8 Å². The Kier molecular flexibility index (Phi) is 3.31. The first-order valence-electron chi connectivity index (χ1n) is 4.12. The highest BCUT2D eigenvalue weighted by Crippen LogP contribution is 2.20. The van der Waals surface area contributed by atoms with Crippen LogP contribution in [0.25, 0.3) is 0 Å². The van der Waals surface area contributed by atoms with E-state index in [0.29, 0.717) is 0 Å². The molecule has 0 aliphatic carbocycles. The van der Waals surface area contributed by atoms with Crippen molar-refractivity contribution in [3.8, 4) is 0 Å². The highest BCUT2D eigenvalue weighted by molar-refractivity contribution is 6.30. The molecule has 0 bridgehead atoms. The van der Waals surface area contributed by atoms with Crippen molar-refractivity contribution >= 4 is 23.5 Å². The molecular formula is C8H9ClN2O4. The first-order valence-corrected chi connectivity index (χ1v) is 4.50. The van der Waals surface area contributed by atoms with Gasteiger partial charge in [-0.2, -0.15) is 5.10 Å². The minimum absolute atomic E-state index is 0.0340. The van der Waals surface area contributed by atoms with Crippen molar-refractivity contribution in [3.05, 3.63) is 16.4 Å². The summed E-state index contributed by atoms with van der Waals surface area (Å²) in [5.41, 5.74) is -0.00725. The van der Waals surface area contributed by atoms with Crippen LogP contribution in [0.2, 0.25) is 5.15 Å². The Morgan fingerprint density at radius 2 is 2.13 bits per heavy atom. The van der Waals surface area contributed by atoms with Gasteiger partial charge in [-0.25, -0.2) is 4.79 Å². The van der Waals surface area contributed by atoms with Crippen molar-refractivity contribution in [2.24, 2.45) is 5.92 Å². The van der Waals surface area contributed by atoms with Gasteiger partial charge in [-0.15, -0.1) is 0 Å². The van der Waals surface area contributed by atoms with Crippen LogP contribution in [0.5, 0.6) is 0 Å². The normalized spacial score (nSPS) is 12.4. The second kappa shape index (κ2) is 4.31. The summed E-state index contributed by atoms with van der Waals surface area (Å²) < 4.78 is 0. The fourth-order valence-electron chi connectivity index (χ4n) is 1.10. The molecule has 1 aromatic rings. The Bertz CT molecular complexity index is 401. The number of aromatic nitrogens is 2. The lowest BCUT2D eigenvalue weighted by Crippen LogP contribution is -2.14. The highest BCUT2D eigenvalue weighted by atomic mass is 35.5. The number of aliphatic carboxylic acids is 1. The topological polar surface area (TPSA) is 103 Å². The van der Waals surface area contributed by atoms with E-state index in [4.69, 9.17) is 21.8 Å². The molecule has 1 atom stereocenters. The Hall–Kier alpha value is -1.56. The maximum atomic E-state index is 10.7. The van der Waals surface area contributed by atoms with Gasteiger partial charge in [0.05, 0.1) is 5.92 Å². The minimum Gasteiger partial charge on any atom is -0.481 e. The number of aromatic amines is 1. The van der Waals surface area contributed by atoms with Gasteiger partial charge in [-0.1, -0.05) is 18.5 Å². The molecule has 3 N–H and O–H groups in total. The van der Waals surface area contributed by atoms with Gasteiger partial charge in [-0.3, -0.25) is 9.89 Å². The molecule has 6 nitrogen and oxygen atoms in total. The summed E-state index contributed by atoms with van der Waals surface area (Å²) in [4.78, 5) is 21.3. The molecule has 1 rings (SSSR count). The lowest BCUT2D eigenvalue weighted by Gasteiger charge is -2.04. The summed E-state index contributed by atoms with van der Waals surface area (Å²) >= 11 is 5.66. The fraction of sp³-hybridized carbons (Fsp3) is 0.375. The molecule has 0 saturated carbocycles. The SMILES string of the molecule is CC(Cc1c(C(=O)O)n[nH]c1Cl)C(=O)O. The van der Waals surface area contributed by atoms with Gasteiger partial charge in [0.1, 0.15) is 5.15 Å². The third-order valence-corrected chi connectivity index (χ3v) is 2.26. The van der Waals surface area contributed by atoms with Gasteiger partial charge in [0.2, 0.25) is 0 Å². The van der Waals surface area contributed by atoms with Crippen molar-refractivity contribution < 1.29 is 19.8 Å². The highest BCUT2D eigenvalue weighted by Gasteiger charge is 2.22. The Labute approximate surface area is 89.9 Å². The van der Waals surface area contributed by atoms with E-state index in [1.807, 2.05) is 0 Å². The van der Waals surface area contributed by atoms with Crippen LogP contribution in [0.1, 0.15) is 23.0 Å². The van der Waals surface area contributed by atoms with Crippen molar-refractivity contribution in [2.75, 3.05) is 0 Å². The maximum absolute atomic E-state index is 10.7. The van der Waals surface area contributed by atoms with E-state index >= 15 is 0 Å². The van der Waals surface area contributed by atoms with Crippen LogP contribution in [0.15, 0.2) is 0 Å². The van der Waals surface area contributed by atoms with Gasteiger partial charge < -0.3 is 10.2 Å². The molecule has 0 saturated heterocycles. The first-order chi connectivity index (χ1) is 6.93. The molecule has 0 spiro atoms. The zero-order chi connectivity index (χ0) is 11.6. The monoisotopic (exact) mass is 232 g/mol. The van der Waals surface area contributed by atoms with Crippen LogP contribution < -0.4 is 0 Å². The second-order valence-corrected chi connectivity index (χ2v) is 3.49. The predicted molar refractivity (Wildman–Crippen MR) is 51.1 cm³/mol. The molecule has 82 valence electrons. The summed E-state index contributed by atoms with van der Waals surface area (Å²) in [6, 6.07) is 0. The summed E-state index contributed by atoms with van der Waals surface area (Å²) in [6.07, 6.45) is 0.0340. The van der Waals surface area contributed by atoms with Crippen LogP contribution in [0.3, 0.4) is 0 Å². The summed E-state index contributed by atoms with van der Waals surface area (Å²) in [6.45, 7) is 1.47. The van der Waals surface area contributed by atoms with Gasteiger partial charge in [0.15, 0.2) is 5.69 Å². The van der Waals surface area contributed by atoms with Crippen molar-refractivity contribution in [1.29, 1.82) is 0 Å². The summed E-state index contributed by atoms with van der Waals surface area (Å²) in [5, 5.41) is 23.3. The first kappa shape index (κ1) is 11.5. The second-order valence-electron chi connectivity index (χ2n) is 3.11. The Balaban J connectivity index is 2.97. The van der Waals surface area contributed by atoms with E-state index in [2.05, 4.69) is 10.2 Å². The largest absolute Gasteiger partial charge is 0.481 e. The lowest BCUT2D eigenvalue weighted by molar-refractivity contribution is -0.141. The van der Waals surface area contributed by atoms with E-state index in [1.54, 1.807) is 0 Å². The quantitative estimate of drug-likeness (QED) is 0.719. The van der Waals surface area contributed by atoms with Crippen LogP contribution in [0.4, 0.5) is 0 Å². The minimum atomic E-state index is -1.23. The zero-order valence-corrected chi connectivity index (χ0v) is 8.58. The molecule has 7 heteroatoms. The van der Waals surface area contributed by atoms with Gasteiger partial charge in [0, 0.05) is 5.56 Å². The van der Waals surface area contributed by atoms with Crippen molar-refractivity contribution in [1.82, 2.24) is 10.2 Å². The molecule has 1 unspecified atom stereocenters. The number of carboxylic acids is 2. The average molecular weight is 233 g/mol. The lowest BCUT2D eigenvalue weighted by atomic mass is 10.0. The molecule has 0 aliphatic heterocycles. The predicted octanol–water partition coefficient (Wildman–Crippen LogP) is 1.02. The number of rotatable bonds is 4. The molecule has 15 heavy (non-hydrogen) atoms. The van der Waals surface area contributed by atoms with Crippen LogP contribution in [0, 0.1) is 5.92 Å². The maximum Gasteiger partial charge on any atom is 0.356 e. The molecule has 0 radical (unpaired) electrons. The molecule has 0 aliphatic rings. The smallest absolute Gasteiger partial charge is 0.356 e. The Morgan fingerprint density at radius 1 is 1.53 bits per heavy atom. The zero-order valence-electron chi connectivity index (χ0n) is 7.82. The average Bonchev–Trinajstić information content (AvgIpc) is 2.48. The number of aromatic carboxylic acids is 1. The number of hydrogen-bond donors (Lipinski definition) is 3. The van der Waals surface area contributed by atoms with Crippen molar-refractivity contribution in [3.63, 3.8) is 0 Å². The third-order valence-electron chi connectivity index (χ3n) is 1.95. The van der Waals surface area contributed by atoms with E-state index in [9.17, 15) is 9.59 Å².